The van der Waals surface area contributed by atoms with Crippen molar-refractivity contribution in [2.45, 2.75) is 27.3 Å². The molecule has 5 heteroatoms. The maximum atomic E-state index is 12.6. The Morgan fingerprint density at radius 1 is 1.12 bits per heavy atom. The first-order chi connectivity index (χ1) is 11.4. The molecule has 4 nitrogen and oxygen atoms in total. The van der Waals surface area contributed by atoms with Crippen molar-refractivity contribution in [2.24, 2.45) is 7.05 Å². The molecule has 2 amide bonds. The molecule has 1 aliphatic heterocycles. The van der Waals surface area contributed by atoms with Crippen molar-refractivity contribution in [3.05, 3.63) is 63.3 Å². The van der Waals surface area contributed by atoms with E-state index < -0.39 is 0 Å². The van der Waals surface area contributed by atoms with Crippen LogP contribution in [-0.2, 0) is 18.4 Å². The van der Waals surface area contributed by atoms with Crippen LogP contribution in [0.25, 0.3) is 6.08 Å². The minimum atomic E-state index is -0.214. The fourth-order valence-corrected chi connectivity index (χ4v) is 3.60. The van der Waals surface area contributed by atoms with Crippen LogP contribution < -0.4 is 0 Å². The zero-order chi connectivity index (χ0) is 17.4. The fourth-order valence-electron chi connectivity index (χ4n) is 2.77. The Balaban J connectivity index is 1.87. The molecule has 1 aromatic heterocycles. The number of carbonyl (C=O) groups is 2. The molecule has 0 atom stereocenters. The van der Waals surface area contributed by atoms with E-state index >= 15 is 0 Å². The zero-order valence-corrected chi connectivity index (χ0v) is 15.1. The highest BCUT2D eigenvalue weighted by atomic mass is 32.2. The molecule has 0 saturated carbocycles. The van der Waals surface area contributed by atoms with E-state index in [9.17, 15) is 9.59 Å². The number of amides is 2. The van der Waals surface area contributed by atoms with Gasteiger partial charge in [0.15, 0.2) is 0 Å². The minimum Gasteiger partial charge on any atom is -0.352 e. The monoisotopic (exact) mass is 340 g/mol. The highest BCUT2D eigenvalue weighted by Gasteiger charge is 2.35. The Morgan fingerprint density at radius 3 is 2.46 bits per heavy atom. The van der Waals surface area contributed by atoms with E-state index in [0.29, 0.717) is 11.4 Å². The van der Waals surface area contributed by atoms with Crippen LogP contribution in [-0.4, -0.2) is 20.6 Å². The van der Waals surface area contributed by atoms with E-state index in [-0.39, 0.29) is 11.1 Å². The SMILES string of the molecule is Cc1ccccc1CN1C(=O)S/C(=C\c2cc(C)n(C)c2C)C1=O. The van der Waals surface area contributed by atoms with Crippen LogP contribution in [0.4, 0.5) is 4.79 Å². The van der Waals surface area contributed by atoms with Crippen LogP contribution in [0.5, 0.6) is 0 Å². The predicted octanol–water partition coefficient (Wildman–Crippen LogP) is 4.19. The summed E-state index contributed by atoms with van der Waals surface area (Å²) in [6.45, 7) is 6.34. The van der Waals surface area contributed by atoms with Gasteiger partial charge in [0, 0.05) is 18.4 Å². The summed E-state index contributed by atoms with van der Waals surface area (Å²) in [6, 6.07) is 9.85. The Morgan fingerprint density at radius 2 is 1.83 bits per heavy atom. The molecule has 24 heavy (non-hydrogen) atoms. The van der Waals surface area contributed by atoms with E-state index in [1.807, 2.05) is 64.2 Å². The average Bonchev–Trinajstić information content (AvgIpc) is 2.94. The zero-order valence-electron chi connectivity index (χ0n) is 14.3. The van der Waals surface area contributed by atoms with E-state index in [0.717, 1.165) is 39.8 Å². The summed E-state index contributed by atoms with van der Waals surface area (Å²) in [5.74, 6) is -0.214. The average molecular weight is 340 g/mol. The van der Waals surface area contributed by atoms with Crippen LogP contribution in [0.15, 0.2) is 35.2 Å². The van der Waals surface area contributed by atoms with Crippen LogP contribution >= 0.6 is 11.8 Å². The Kier molecular flexibility index (Phi) is 4.37. The van der Waals surface area contributed by atoms with Crippen molar-refractivity contribution in [3.63, 3.8) is 0 Å². The first-order valence-corrected chi connectivity index (χ1v) is 8.63. The molecule has 124 valence electrons. The highest BCUT2D eigenvalue weighted by molar-refractivity contribution is 8.18. The molecule has 0 unspecified atom stereocenters. The van der Waals surface area contributed by atoms with Crippen molar-refractivity contribution >= 4 is 29.0 Å². The topological polar surface area (TPSA) is 42.3 Å². The number of benzene rings is 1. The summed E-state index contributed by atoms with van der Waals surface area (Å²) in [5, 5.41) is -0.209. The van der Waals surface area contributed by atoms with Gasteiger partial charge >= 0.3 is 0 Å². The number of hydrogen-bond acceptors (Lipinski definition) is 3. The molecule has 0 aliphatic carbocycles. The summed E-state index contributed by atoms with van der Waals surface area (Å²) in [6.07, 6.45) is 1.82. The third-order valence-electron chi connectivity index (χ3n) is 4.56. The van der Waals surface area contributed by atoms with Gasteiger partial charge in [0.1, 0.15) is 0 Å². The lowest BCUT2D eigenvalue weighted by Gasteiger charge is -2.14. The second-order valence-electron chi connectivity index (χ2n) is 6.08. The largest absolute Gasteiger partial charge is 0.352 e. The molecule has 1 fully saturated rings. The maximum Gasteiger partial charge on any atom is 0.293 e. The van der Waals surface area contributed by atoms with Crippen LogP contribution in [0.1, 0.15) is 28.1 Å². The van der Waals surface area contributed by atoms with Gasteiger partial charge in [0.05, 0.1) is 11.4 Å². The lowest BCUT2D eigenvalue weighted by molar-refractivity contribution is -0.123. The van der Waals surface area contributed by atoms with Crippen LogP contribution in [0.3, 0.4) is 0 Å². The maximum absolute atomic E-state index is 12.6. The molecule has 1 aromatic carbocycles. The van der Waals surface area contributed by atoms with Gasteiger partial charge in [-0.3, -0.25) is 14.5 Å². The van der Waals surface area contributed by atoms with Gasteiger partial charge in [0.2, 0.25) is 0 Å². The number of hydrogen-bond donors (Lipinski definition) is 0. The Hall–Kier alpha value is -2.27. The van der Waals surface area contributed by atoms with Crippen molar-refractivity contribution in [3.8, 4) is 0 Å². The van der Waals surface area contributed by atoms with Crippen LogP contribution in [0, 0.1) is 20.8 Å². The lowest BCUT2D eigenvalue weighted by Crippen LogP contribution is -2.27. The van der Waals surface area contributed by atoms with Gasteiger partial charge in [-0.1, -0.05) is 24.3 Å². The van der Waals surface area contributed by atoms with Gasteiger partial charge in [-0.05, 0) is 61.4 Å². The van der Waals surface area contributed by atoms with E-state index in [1.165, 1.54) is 4.90 Å². The molecule has 1 aliphatic rings. The molecule has 0 spiro atoms. The van der Waals surface area contributed by atoms with Gasteiger partial charge in [0.25, 0.3) is 11.1 Å². The van der Waals surface area contributed by atoms with E-state index in [2.05, 4.69) is 4.57 Å². The number of imide groups is 1. The first kappa shape index (κ1) is 16.6. The van der Waals surface area contributed by atoms with Crippen molar-refractivity contribution < 1.29 is 9.59 Å². The number of carbonyl (C=O) groups excluding carboxylic acids is 2. The smallest absolute Gasteiger partial charge is 0.293 e. The lowest BCUT2D eigenvalue weighted by atomic mass is 10.1. The molecular formula is C19H20N2O2S. The summed E-state index contributed by atoms with van der Waals surface area (Å²) >= 11 is 1.01. The fraction of sp³-hybridized carbons (Fsp3) is 0.263. The Bertz CT molecular complexity index is 864. The molecule has 0 radical (unpaired) electrons. The second kappa shape index (κ2) is 6.32. The van der Waals surface area contributed by atoms with Gasteiger partial charge in [-0.25, -0.2) is 0 Å². The molecule has 2 heterocycles. The quantitative estimate of drug-likeness (QED) is 0.787. The Labute approximate surface area is 146 Å². The summed E-state index contributed by atoms with van der Waals surface area (Å²) in [4.78, 5) is 26.7. The number of rotatable bonds is 3. The predicted molar refractivity (Wildman–Crippen MR) is 97.6 cm³/mol. The number of thioether (sulfide) groups is 1. The van der Waals surface area contributed by atoms with Crippen molar-refractivity contribution in [1.29, 1.82) is 0 Å². The molecule has 3 rings (SSSR count). The van der Waals surface area contributed by atoms with Gasteiger partial charge in [-0.15, -0.1) is 0 Å². The second-order valence-corrected chi connectivity index (χ2v) is 7.07. The van der Waals surface area contributed by atoms with Crippen molar-refractivity contribution in [2.75, 3.05) is 0 Å². The van der Waals surface area contributed by atoms with Crippen LogP contribution in [0.2, 0.25) is 0 Å². The molecule has 2 aromatic rings. The highest BCUT2D eigenvalue weighted by Crippen LogP contribution is 2.34. The van der Waals surface area contributed by atoms with E-state index in [1.54, 1.807) is 0 Å². The van der Waals surface area contributed by atoms with E-state index in [4.69, 9.17) is 0 Å². The third kappa shape index (κ3) is 2.91. The molecule has 0 N–H and O–H groups in total. The van der Waals surface area contributed by atoms with Gasteiger partial charge < -0.3 is 4.57 Å². The standard InChI is InChI=1S/C19H20N2O2S/c1-12-7-5-6-8-15(12)11-21-18(22)17(24-19(21)23)10-16-9-13(2)20(4)14(16)3/h5-10H,11H2,1-4H3/b17-10-. The normalized spacial score (nSPS) is 16.5. The third-order valence-corrected chi connectivity index (χ3v) is 5.47. The van der Waals surface area contributed by atoms with Crippen molar-refractivity contribution in [1.82, 2.24) is 9.47 Å². The summed E-state index contributed by atoms with van der Waals surface area (Å²) < 4.78 is 2.07. The van der Waals surface area contributed by atoms with Gasteiger partial charge in [-0.2, -0.15) is 0 Å². The minimum absolute atomic E-state index is 0.209. The first-order valence-electron chi connectivity index (χ1n) is 7.81. The number of aryl methyl sites for hydroxylation is 2. The number of nitrogens with zero attached hydrogens (tertiary/aromatic N) is 2. The number of aromatic nitrogens is 1. The summed E-state index contributed by atoms with van der Waals surface area (Å²) in [5.41, 5.74) is 5.26. The molecular weight excluding hydrogens is 320 g/mol. The molecule has 0 bridgehead atoms. The summed E-state index contributed by atoms with van der Waals surface area (Å²) in [7, 11) is 1.99. The molecule has 1 saturated heterocycles.